The molecule has 5 nitrogen and oxygen atoms in total. The van der Waals surface area contributed by atoms with Gasteiger partial charge in [0.1, 0.15) is 17.4 Å². The van der Waals surface area contributed by atoms with Gasteiger partial charge in [-0.1, -0.05) is 30.3 Å². The van der Waals surface area contributed by atoms with Crippen LogP contribution in [-0.4, -0.2) is 36.4 Å². The van der Waals surface area contributed by atoms with Crippen molar-refractivity contribution in [2.24, 2.45) is 0 Å². The molecule has 5 rings (SSSR count). The van der Waals surface area contributed by atoms with Crippen molar-refractivity contribution < 1.29 is 13.6 Å². The fraction of sp³-hybridized carbons (Fsp3) is 0.259. The fourth-order valence-electron chi connectivity index (χ4n) is 4.42. The standard InChI is InChI=1S/C27H26FN3O2/c1-30(2)22-12-7-19(8-13-22)20-9-14-25-23(17-20)29-27(33-25)24-4-3-15-31(24)26(32)16-18-5-10-21(28)11-6-18/h5-14,17,24H,3-4,15-16H2,1-2H3. The Hall–Kier alpha value is -3.67. The molecule has 1 amide bonds. The molecule has 2 heterocycles. The molecule has 1 fully saturated rings. The van der Waals surface area contributed by atoms with Crippen molar-refractivity contribution in [2.75, 3.05) is 25.5 Å². The highest BCUT2D eigenvalue weighted by atomic mass is 19.1. The number of nitrogens with zero attached hydrogens (tertiary/aromatic N) is 3. The van der Waals surface area contributed by atoms with Crippen LogP contribution in [0, 0.1) is 5.82 Å². The number of oxazole rings is 1. The van der Waals surface area contributed by atoms with E-state index in [0.717, 1.165) is 46.3 Å². The van der Waals surface area contributed by atoms with Gasteiger partial charge in [0.25, 0.3) is 0 Å². The number of carbonyl (C=O) groups excluding carboxylic acids is 1. The first-order valence-electron chi connectivity index (χ1n) is 11.2. The Morgan fingerprint density at radius 3 is 2.52 bits per heavy atom. The third-order valence-corrected chi connectivity index (χ3v) is 6.25. The number of anilines is 1. The lowest BCUT2D eigenvalue weighted by Crippen LogP contribution is -2.32. The monoisotopic (exact) mass is 443 g/mol. The van der Waals surface area contributed by atoms with Crippen LogP contribution in [0.1, 0.15) is 30.3 Å². The molecule has 1 unspecified atom stereocenters. The summed E-state index contributed by atoms with van der Waals surface area (Å²) in [6.45, 7) is 0.674. The number of aromatic nitrogens is 1. The maximum atomic E-state index is 13.2. The summed E-state index contributed by atoms with van der Waals surface area (Å²) in [6, 6.07) is 20.3. The highest BCUT2D eigenvalue weighted by Gasteiger charge is 2.33. The van der Waals surface area contributed by atoms with Crippen molar-refractivity contribution in [3.8, 4) is 11.1 Å². The molecule has 0 N–H and O–H groups in total. The highest BCUT2D eigenvalue weighted by molar-refractivity contribution is 5.82. The second-order valence-electron chi connectivity index (χ2n) is 8.72. The van der Waals surface area contributed by atoms with E-state index in [1.54, 1.807) is 12.1 Å². The zero-order valence-corrected chi connectivity index (χ0v) is 18.8. The van der Waals surface area contributed by atoms with E-state index < -0.39 is 0 Å². The Bertz CT molecular complexity index is 1280. The average molecular weight is 444 g/mol. The summed E-state index contributed by atoms with van der Waals surface area (Å²) in [5, 5.41) is 0. The zero-order chi connectivity index (χ0) is 22.9. The van der Waals surface area contributed by atoms with Gasteiger partial charge in [-0.3, -0.25) is 4.79 Å². The van der Waals surface area contributed by atoms with Crippen molar-refractivity contribution in [3.05, 3.63) is 84.0 Å². The van der Waals surface area contributed by atoms with Gasteiger partial charge >= 0.3 is 0 Å². The first-order valence-corrected chi connectivity index (χ1v) is 11.2. The normalized spacial score (nSPS) is 15.8. The van der Waals surface area contributed by atoms with E-state index in [2.05, 4.69) is 29.2 Å². The van der Waals surface area contributed by atoms with Gasteiger partial charge in [0.2, 0.25) is 11.8 Å². The molecule has 6 heteroatoms. The molecule has 0 bridgehead atoms. The van der Waals surface area contributed by atoms with Gasteiger partial charge in [0, 0.05) is 26.3 Å². The second-order valence-corrected chi connectivity index (χ2v) is 8.72. The molecule has 1 aliphatic heterocycles. The molecule has 168 valence electrons. The SMILES string of the molecule is CN(C)c1ccc(-c2ccc3oc(C4CCCN4C(=O)Cc4ccc(F)cc4)nc3c2)cc1. The summed E-state index contributed by atoms with van der Waals surface area (Å²) in [4.78, 5) is 21.6. The summed E-state index contributed by atoms with van der Waals surface area (Å²) in [5.41, 5.74) is 5.64. The molecule has 33 heavy (non-hydrogen) atoms. The van der Waals surface area contributed by atoms with E-state index in [1.807, 2.05) is 37.2 Å². The Kier molecular flexibility index (Phi) is 5.58. The Morgan fingerprint density at radius 2 is 1.79 bits per heavy atom. The topological polar surface area (TPSA) is 49.6 Å². The van der Waals surface area contributed by atoms with Crippen LogP contribution in [-0.2, 0) is 11.2 Å². The van der Waals surface area contributed by atoms with E-state index in [-0.39, 0.29) is 24.2 Å². The van der Waals surface area contributed by atoms with Gasteiger partial charge < -0.3 is 14.2 Å². The number of fused-ring (bicyclic) bond motifs is 1. The second kappa shape index (κ2) is 8.70. The largest absolute Gasteiger partial charge is 0.438 e. The summed E-state index contributed by atoms with van der Waals surface area (Å²) < 4.78 is 19.3. The van der Waals surface area contributed by atoms with Crippen LogP contribution < -0.4 is 4.90 Å². The molecule has 4 aromatic rings. The van der Waals surface area contributed by atoms with Crippen molar-refractivity contribution in [3.63, 3.8) is 0 Å². The molecule has 1 atom stereocenters. The zero-order valence-electron chi connectivity index (χ0n) is 18.8. The Morgan fingerprint density at radius 1 is 1.06 bits per heavy atom. The maximum Gasteiger partial charge on any atom is 0.227 e. The van der Waals surface area contributed by atoms with Crippen LogP contribution in [0.5, 0.6) is 0 Å². The third kappa shape index (κ3) is 4.33. The minimum atomic E-state index is -0.301. The van der Waals surface area contributed by atoms with Gasteiger partial charge in [-0.2, -0.15) is 0 Å². The molecule has 0 saturated carbocycles. The van der Waals surface area contributed by atoms with Crippen LogP contribution in [0.2, 0.25) is 0 Å². The summed E-state index contributed by atoms with van der Waals surface area (Å²) >= 11 is 0. The number of halogens is 1. The molecule has 1 aliphatic rings. The van der Waals surface area contributed by atoms with Crippen LogP contribution in [0.25, 0.3) is 22.2 Å². The average Bonchev–Trinajstić information content (AvgIpc) is 3.47. The number of likely N-dealkylation sites (tertiary alicyclic amines) is 1. The molecular weight excluding hydrogens is 417 g/mol. The summed E-state index contributed by atoms with van der Waals surface area (Å²) in [7, 11) is 4.05. The number of hydrogen-bond acceptors (Lipinski definition) is 4. The molecule has 0 aliphatic carbocycles. The number of amides is 1. The quantitative estimate of drug-likeness (QED) is 0.403. The lowest BCUT2D eigenvalue weighted by Gasteiger charge is -2.22. The molecule has 1 aromatic heterocycles. The molecule has 1 saturated heterocycles. The van der Waals surface area contributed by atoms with Gasteiger partial charge in [-0.15, -0.1) is 0 Å². The Balaban J connectivity index is 1.37. The van der Waals surface area contributed by atoms with E-state index in [4.69, 9.17) is 9.40 Å². The van der Waals surface area contributed by atoms with Gasteiger partial charge in [0.15, 0.2) is 5.58 Å². The van der Waals surface area contributed by atoms with E-state index in [9.17, 15) is 9.18 Å². The van der Waals surface area contributed by atoms with Crippen LogP contribution in [0.15, 0.2) is 71.1 Å². The van der Waals surface area contributed by atoms with Gasteiger partial charge in [-0.25, -0.2) is 9.37 Å². The molecule has 0 spiro atoms. The van der Waals surface area contributed by atoms with E-state index in [0.29, 0.717) is 12.4 Å². The minimum absolute atomic E-state index is 0.00744. The molecule has 3 aromatic carbocycles. The first-order chi connectivity index (χ1) is 16.0. The maximum absolute atomic E-state index is 13.2. The van der Waals surface area contributed by atoms with Gasteiger partial charge in [0.05, 0.1) is 6.42 Å². The van der Waals surface area contributed by atoms with E-state index >= 15 is 0 Å². The molecular formula is C27H26FN3O2. The number of carbonyl (C=O) groups is 1. The predicted octanol–water partition coefficient (Wildman–Crippen LogP) is 5.61. The number of benzene rings is 3. The molecule has 0 radical (unpaired) electrons. The smallest absolute Gasteiger partial charge is 0.227 e. The van der Waals surface area contributed by atoms with Crippen LogP contribution in [0.4, 0.5) is 10.1 Å². The highest BCUT2D eigenvalue weighted by Crippen LogP contribution is 2.35. The Labute approximate surface area is 192 Å². The predicted molar refractivity (Wildman–Crippen MR) is 128 cm³/mol. The number of rotatable bonds is 5. The summed E-state index contributed by atoms with van der Waals surface area (Å²) in [5.74, 6) is 0.285. The first kappa shape index (κ1) is 21.2. The third-order valence-electron chi connectivity index (χ3n) is 6.25. The minimum Gasteiger partial charge on any atom is -0.438 e. The van der Waals surface area contributed by atoms with Crippen molar-refractivity contribution in [2.45, 2.75) is 25.3 Å². The summed E-state index contributed by atoms with van der Waals surface area (Å²) in [6.07, 6.45) is 1.97. The van der Waals surface area contributed by atoms with Crippen molar-refractivity contribution in [1.82, 2.24) is 9.88 Å². The fourth-order valence-corrected chi connectivity index (χ4v) is 4.42. The lowest BCUT2D eigenvalue weighted by molar-refractivity contribution is -0.131. The van der Waals surface area contributed by atoms with Crippen LogP contribution >= 0.6 is 0 Å². The van der Waals surface area contributed by atoms with Crippen molar-refractivity contribution in [1.29, 1.82) is 0 Å². The van der Waals surface area contributed by atoms with Crippen LogP contribution in [0.3, 0.4) is 0 Å². The lowest BCUT2D eigenvalue weighted by atomic mass is 10.0. The number of hydrogen-bond donors (Lipinski definition) is 0. The van der Waals surface area contributed by atoms with Crippen molar-refractivity contribution >= 4 is 22.7 Å². The van der Waals surface area contributed by atoms with Gasteiger partial charge in [-0.05, 0) is 65.9 Å². The van der Waals surface area contributed by atoms with E-state index in [1.165, 1.54) is 12.1 Å².